The summed E-state index contributed by atoms with van der Waals surface area (Å²) in [6, 6.07) is 14.2. The highest BCUT2D eigenvalue weighted by Gasteiger charge is 2.25. The Morgan fingerprint density at radius 3 is 2.49 bits per heavy atom. The van der Waals surface area contributed by atoms with Gasteiger partial charge in [-0.25, -0.2) is 22.3 Å². The van der Waals surface area contributed by atoms with E-state index in [0.29, 0.717) is 28.7 Å². The molecule has 6 N–H and O–H groups in total. The Labute approximate surface area is 226 Å². The zero-order chi connectivity index (χ0) is 27.2. The SMILES string of the molecule is CSc1sc(C(=N)N)cc1S(=O)(=O)c1cccc(-c2ccc(NCNNCCCS(C)(=O)=O)cc2C)c1. The average Bonchev–Trinajstić information content (AvgIpc) is 3.29. The van der Waals surface area contributed by atoms with E-state index in [0.717, 1.165) is 22.4 Å². The Morgan fingerprint density at radius 2 is 1.84 bits per heavy atom. The largest absolute Gasteiger partial charge is 0.383 e. The van der Waals surface area contributed by atoms with Crippen LogP contribution in [0.4, 0.5) is 5.69 Å². The molecule has 0 bridgehead atoms. The van der Waals surface area contributed by atoms with Gasteiger partial charge in [0, 0.05) is 18.5 Å². The van der Waals surface area contributed by atoms with E-state index >= 15 is 0 Å². The van der Waals surface area contributed by atoms with Crippen molar-refractivity contribution in [3.63, 3.8) is 0 Å². The number of amidine groups is 1. The molecule has 0 unspecified atom stereocenters. The van der Waals surface area contributed by atoms with Crippen LogP contribution in [0.3, 0.4) is 0 Å². The van der Waals surface area contributed by atoms with Gasteiger partial charge in [-0.15, -0.1) is 23.1 Å². The van der Waals surface area contributed by atoms with Crippen LogP contribution in [-0.2, 0) is 19.7 Å². The molecule has 0 aliphatic carbocycles. The third-order valence-electron chi connectivity index (χ3n) is 5.41. The summed E-state index contributed by atoms with van der Waals surface area (Å²) in [6.45, 7) is 2.93. The average molecular weight is 582 g/mol. The van der Waals surface area contributed by atoms with Crippen molar-refractivity contribution < 1.29 is 16.8 Å². The van der Waals surface area contributed by atoms with Gasteiger partial charge in [0.05, 0.1) is 31.3 Å². The van der Waals surface area contributed by atoms with E-state index < -0.39 is 19.7 Å². The van der Waals surface area contributed by atoms with E-state index in [1.165, 1.54) is 35.4 Å². The molecule has 200 valence electrons. The predicted molar refractivity (Wildman–Crippen MR) is 153 cm³/mol. The summed E-state index contributed by atoms with van der Waals surface area (Å²) < 4.78 is 49.8. The van der Waals surface area contributed by atoms with Crippen LogP contribution in [0.1, 0.15) is 16.9 Å². The lowest BCUT2D eigenvalue weighted by atomic mass is 10.00. The predicted octanol–water partition coefficient (Wildman–Crippen LogP) is 3.46. The van der Waals surface area contributed by atoms with E-state index in [9.17, 15) is 16.8 Å². The molecule has 13 heteroatoms. The molecule has 3 rings (SSSR count). The summed E-state index contributed by atoms with van der Waals surface area (Å²) in [7, 11) is -6.75. The van der Waals surface area contributed by atoms with Crippen LogP contribution >= 0.6 is 23.1 Å². The zero-order valence-electron chi connectivity index (χ0n) is 20.8. The fourth-order valence-corrected chi connectivity index (χ4v) is 8.17. The molecule has 2 aromatic carbocycles. The lowest BCUT2D eigenvalue weighted by Gasteiger charge is -2.13. The summed E-state index contributed by atoms with van der Waals surface area (Å²) in [4.78, 5) is 0.776. The van der Waals surface area contributed by atoms with Crippen molar-refractivity contribution in [1.82, 2.24) is 10.9 Å². The van der Waals surface area contributed by atoms with Crippen LogP contribution in [0.25, 0.3) is 11.1 Å². The second-order valence-corrected chi connectivity index (χ2v) is 14.7. The number of hydrogen-bond donors (Lipinski definition) is 5. The van der Waals surface area contributed by atoms with Gasteiger partial charge >= 0.3 is 0 Å². The van der Waals surface area contributed by atoms with Crippen LogP contribution in [0, 0.1) is 12.3 Å². The minimum Gasteiger partial charge on any atom is -0.383 e. The van der Waals surface area contributed by atoms with E-state index in [1.807, 2.05) is 31.2 Å². The van der Waals surface area contributed by atoms with Gasteiger partial charge in [-0.2, -0.15) is 0 Å². The Balaban J connectivity index is 1.71. The number of benzene rings is 2. The number of hydrazine groups is 1. The molecule has 0 amide bonds. The van der Waals surface area contributed by atoms with Crippen LogP contribution in [0.15, 0.2) is 62.5 Å². The number of aryl methyl sites for hydroxylation is 1. The van der Waals surface area contributed by atoms with Crippen molar-refractivity contribution >= 4 is 54.3 Å². The normalized spacial score (nSPS) is 12.0. The molecule has 9 nitrogen and oxygen atoms in total. The Morgan fingerprint density at radius 1 is 1.08 bits per heavy atom. The van der Waals surface area contributed by atoms with Crippen molar-refractivity contribution in [1.29, 1.82) is 5.41 Å². The third kappa shape index (κ3) is 7.79. The molecule has 0 aliphatic rings. The maximum absolute atomic E-state index is 13.5. The first-order chi connectivity index (χ1) is 17.4. The second kappa shape index (κ2) is 12.4. The van der Waals surface area contributed by atoms with E-state index in [-0.39, 0.29) is 21.4 Å². The van der Waals surface area contributed by atoms with Crippen LogP contribution in [0.2, 0.25) is 0 Å². The molecule has 37 heavy (non-hydrogen) atoms. The number of nitrogens with two attached hydrogens (primary N) is 1. The molecule has 0 radical (unpaired) electrons. The number of sulfone groups is 2. The Bertz CT molecular complexity index is 1480. The summed E-state index contributed by atoms with van der Waals surface area (Å²) in [5, 5.41) is 10.9. The Hall–Kier alpha value is -2.42. The first-order valence-corrected chi connectivity index (χ1v) is 16.9. The lowest BCUT2D eigenvalue weighted by Crippen LogP contribution is -2.37. The number of nitrogen functional groups attached to an aromatic ring is 1. The third-order valence-corrected chi connectivity index (χ3v) is 10.8. The van der Waals surface area contributed by atoms with Gasteiger partial charge in [0.1, 0.15) is 15.7 Å². The highest BCUT2D eigenvalue weighted by molar-refractivity contribution is 8.01. The zero-order valence-corrected chi connectivity index (χ0v) is 24.1. The molecule has 0 saturated carbocycles. The van der Waals surface area contributed by atoms with Crippen LogP contribution < -0.4 is 21.9 Å². The summed E-state index contributed by atoms with van der Waals surface area (Å²) >= 11 is 2.52. The number of rotatable bonds is 13. The van der Waals surface area contributed by atoms with Crippen molar-refractivity contribution in [3.05, 3.63) is 59.0 Å². The first-order valence-electron chi connectivity index (χ1n) is 11.3. The monoisotopic (exact) mass is 581 g/mol. The molecule has 1 heterocycles. The first kappa shape index (κ1) is 29.1. The molecule has 0 atom stereocenters. The summed E-state index contributed by atoms with van der Waals surface area (Å²) in [5.41, 5.74) is 15.1. The van der Waals surface area contributed by atoms with Gasteiger partial charge in [0.15, 0.2) is 0 Å². The van der Waals surface area contributed by atoms with Gasteiger partial charge in [-0.05, 0) is 66.6 Å². The molecule has 0 fully saturated rings. The number of hydrogen-bond acceptors (Lipinski definition) is 10. The number of nitrogens with one attached hydrogen (secondary N) is 4. The molecule has 1 aromatic heterocycles. The minimum absolute atomic E-state index is 0.143. The number of thiophene rings is 1. The minimum atomic E-state index is -3.80. The van der Waals surface area contributed by atoms with Crippen LogP contribution in [0.5, 0.6) is 0 Å². The smallest absolute Gasteiger partial charge is 0.208 e. The highest BCUT2D eigenvalue weighted by Crippen LogP contribution is 2.38. The van der Waals surface area contributed by atoms with Crippen LogP contribution in [-0.4, -0.2) is 54.1 Å². The van der Waals surface area contributed by atoms with Crippen molar-refractivity contribution in [2.24, 2.45) is 5.73 Å². The molecule has 0 spiro atoms. The second-order valence-electron chi connectivity index (χ2n) is 8.38. The molecule has 0 saturated heterocycles. The maximum Gasteiger partial charge on any atom is 0.208 e. The van der Waals surface area contributed by atoms with E-state index in [4.69, 9.17) is 11.1 Å². The fourth-order valence-electron chi connectivity index (χ4n) is 3.60. The van der Waals surface area contributed by atoms with Gasteiger partial charge in [-0.1, -0.05) is 18.2 Å². The molecular formula is C24H31N5O4S4. The Kier molecular flexibility index (Phi) is 9.78. The molecule has 0 aliphatic heterocycles. The van der Waals surface area contributed by atoms with E-state index in [1.54, 1.807) is 24.5 Å². The fraction of sp³-hybridized carbons (Fsp3) is 0.292. The van der Waals surface area contributed by atoms with Gasteiger partial charge < -0.3 is 11.1 Å². The van der Waals surface area contributed by atoms with Crippen molar-refractivity contribution in [3.8, 4) is 11.1 Å². The number of anilines is 1. The lowest BCUT2D eigenvalue weighted by molar-refractivity contribution is 0.547. The maximum atomic E-state index is 13.5. The standard InChI is InChI=1S/C24H31N5O4S4/c1-16-12-18(27-15-29-28-10-5-11-36(3,30)31)8-9-20(16)17-6-4-7-19(13-17)37(32,33)22-14-21(23(25)26)35-24(22)34-2/h4,6-9,12-14,27-29H,5,10-11,15H2,1-3H3,(H3,25,26). The summed E-state index contributed by atoms with van der Waals surface area (Å²) in [6.07, 6.45) is 3.55. The van der Waals surface area contributed by atoms with Gasteiger partial charge in [-0.3, -0.25) is 10.8 Å². The quantitative estimate of drug-likeness (QED) is 0.0510. The van der Waals surface area contributed by atoms with Crippen molar-refractivity contribution in [2.45, 2.75) is 27.3 Å². The van der Waals surface area contributed by atoms with E-state index in [2.05, 4.69) is 16.2 Å². The highest BCUT2D eigenvalue weighted by atomic mass is 32.2. The molecule has 3 aromatic rings. The van der Waals surface area contributed by atoms with Crippen molar-refractivity contribution in [2.75, 3.05) is 36.8 Å². The summed E-state index contributed by atoms with van der Waals surface area (Å²) in [5.74, 6) is -0.0123. The number of thioether (sulfide) groups is 1. The van der Waals surface area contributed by atoms with Gasteiger partial charge in [0.2, 0.25) is 9.84 Å². The molecular weight excluding hydrogens is 551 g/mol. The van der Waals surface area contributed by atoms with Gasteiger partial charge in [0.25, 0.3) is 0 Å². The topological polar surface area (TPSA) is 154 Å².